The fourth-order valence-corrected chi connectivity index (χ4v) is 3.09. The Morgan fingerprint density at radius 3 is 2.60 bits per heavy atom. The maximum absolute atomic E-state index is 6.34. The molecule has 1 heterocycles. The quantitative estimate of drug-likeness (QED) is 0.838. The largest absolute Gasteiger partial charge is 0.311 e. The van der Waals surface area contributed by atoms with Crippen LogP contribution in [0.2, 0.25) is 5.02 Å². The molecule has 1 unspecified atom stereocenters. The van der Waals surface area contributed by atoms with Crippen molar-refractivity contribution in [2.45, 2.75) is 38.1 Å². The minimum Gasteiger partial charge on any atom is -0.311 e. The Morgan fingerprint density at radius 1 is 1.45 bits per heavy atom. The molecule has 0 bridgehead atoms. The van der Waals surface area contributed by atoms with Crippen LogP contribution in [0.15, 0.2) is 6.20 Å². The van der Waals surface area contributed by atoms with Gasteiger partial charge in [0.05, 0.1) is 29.5 Å². The van der Waals surface area contributed by atoms with E-state index in [2.05, 4.69) is 50.2 Å². The number of nitrogens with one attached hydrogen (secondary N) is 1. The Bertz CT molecular complexity index is 412. The highest BCUT2D eigenvalue weighted by molar-refractivity contribution is 8.00. The van der Waals surface area contributed by atoms with Gasteiger partial charge in [-0.1, -0.05) is 32.4 Å². The molecule has 0 radical (unpaired) electrons. The fraction of sp³-hybridized carbons (Fsp3) is 0.786. The second-order valence-electron chi connectivity index (χ2n) is 6.17. The van der Waals surface area contributed by atoms with Crippen molar-refractivity contribution in [2.75, 3.05) is 33.4 Å². The van der Waals surface area contributed by atoms with Crippen molar-refractivity contribution in [3.63, 3.8) is 0 Å². The second kappa shape index (κ2) is 7.69. The van der Waals surface area contributed by atoms with Crippen LogP contribution in [0.25, 0.3) is 0 Å². The van der Waals surface area contributed by atoms with E-state index >= 15 is 0 Å². The summed E-state index contributed by atoms with van der Waals surface area (Å²) in [6, 6.07) is 0.219. The normalized spacial score (nSPS) is 14.0. The predicted molar refractivity (Wildman–Crippen MR) is 89.8 cm³/mol. The molecule has 1 rings (SSSR count). The first kappa shape index (κ1) is 17.8. The molecule has 1 aromatic rings. The molecule has 0 fully saturated rings. The van der Waals surface area contributed by atoms with E-state index in [0.29, 0.717) is 0 Å². The van der Waals surface area contributed by atoms with Gasteiger partial charge in [-0.25, -0.2) is 0 Å². The summed E-state index contributed by atoms with van der Waals surface area (Å²) in [6.45, 7) is 8.50. The van der Waals surface area contributed by atoms with Crippen LogP contribution >= 0.6 is 23.4 Å². The SMILES string of the molecule is CNC(CSC(C)(C)C)c1c(Cl)cnn1CCN(C)C. The molecule has 4 nitrogen and oxygen atoms in total. The highest BCUT2D eigenvalue weighted by atomic mass is 35.5. The Kier molecular flexibility index (Phi) is 6.85. The lowest BCUT2D eigenvalue weighted by Gasteiger charge is -2.24. The average Bonchev–Trinajstić information content (AvgIpc) is 2.68. The number of hydrogen-bond acceptors (Lipinski definition) is 4. The van der Waals surface area contributed by atoms with Crippen molar-refractivity contribution in [1.82, 2.24) is 20.0 Å². The molecule has 0 aliphatic rings. The van der Waals surface area contributed by atoms with Gasteiger partial charge in [-0.05, 0) is 21.1 Å². The molecule has 20 heavy (non-hydrogen) atoms. The molecule has 0 aliphatic heterocycles. The highest BCUT2D eigenvalue weighted by Crippen LogP contribution is 2.31. The maximum Gasteiger partial charge on any atom is 0.0834 e. The molecule has 0 aromatic carbocycles. The summed E-state index contributed by atoms with van der Waals surface area (Å²) in [5, 5.41) is 8.52. The third kappa shape index (κ3) is 5.64. The third-order valence-corrected chi connectivity index (χ3v) is 4.61. The highest BCUT2D eigenvalue weighted by Gasteiger charge is 2.22. The zero-order valence-corrected chi connectivity index (χ0v) is 15.0. The van der Waals surface area contributed by atoms with Crippen molar-refractivity contribution < 1.29 is 0 Å². The first-order valence-electron chi connectivity index (χ1n) is 6.91. The van der Waals surface area contributed by atoms with E-state index in [0.717, 1.165) is 29.6 Å². The van der Waals surface area contributed by atoms with Crippen molar-refractivity contribution in [3.8, 4) is 0 Å². The smallest absolute Gasteiger partial charge is 0.0834 e. The third-order valence-electron chi connectivity index (χ3n) is 2.95. The Hall–Kier alpha value is -0.230. The van der Waals surface area contributed by atoms with Crippen LogP contribution < -0.4 is 5.32 Å². The van der Waals surface area contributed by atoms with E-state index in [1.807, 2.05) is 23.5 Å². The van der Waals surface area contributed by atoms with Gasteiger partial charge in [-0.2, -0.15) is 16.9 Å². The number of halogens is 1. The first-order chi connectivity index (χ1) is 9.24. The summed E-state index contributed by atoms with van der Waals surface area (Å²) < 4.78 is 2.27. The zero-order chi connectivity index (χ0) is 15.3. The first-order valence-corrected chi connectivity index (χ1v) is 8.28. The molecule has 6 heteroatoms. The van der Waals surface area contributed by atoms with Gasteiger partial charge >= 0.3 is 0 Å². The molecular weight excluding hydrogens is 292 g/mol. The summed E-state index contributed by atoms with van der Waals surface area (Å²) >= 11 is 8.27. The van der Waals surface area contributed by atoms with Gasteiger partial charge in [0.1, 0.15) is 0 Å². The van der Waals surface area contributed by atoms with Crippen molar-refractivity contribution in [1.29, 1.82) is 0 Å². The molecule has 1 atom stereocenters. The van der Waals surface area contributed by atoms with E-state index in [1.165, 1.54) is 0 Å². The molecule has 0 aliphatic carbocycles. The van der Waals surface area contributed by atoms with E-state index < -0.39 is 0 Å². The summed E-state index contributed by atoms with van der Waals surface area (Å²) in [5.74, 6) is 0.980. The van der Waals surface area contributed by atoms with Gasteiger partial charge in [0.2, 0.25) is 0 Å². The number of rotatable bonds is 7. The molecule has 0 saturated heterocycles. The lowest BCUT2D eigenvalue weighted by Crippen LogP contribution is -2.27. The van der Waals surface area contributed by atoms with Crippen LogP contribution in [0.5, 0.6) is 0 Å². The molecule has 1 aromatic heterocycles. The molecule has 0 amide bonds. The maximum atomic E-state index is 6.34. The summed E-state index contributed by atoms with van der Waals surface area (Å²) in [5.41, 5.74) is 1.09. The lowest BCUT2D eigenvalue weighted by atomic mass is 10.2. The summed E-state index contributed by atoms with van der Waals surface area (Å²) in [6.07, 6.45) is 1.75. The van der Waals surface area contributed by atoms with Crippen molar-refractivity contribution in [2.24, 2.45) is 0 Å². The number of aromatic nitrogens is 2. The number of likely N-dealkylation sites (N-methyl/N-ethyl adjacent to an activating group) is 1. The van der Waals surface area contributed by atoms with Gasteiger partial charge < -0.3 is 10.2 Å². The molecule has 0 saturated carbocycles. The van der Waals surface area contributed by atoms with Crippen LogP contribution in [-0.2, 0) is 6.54 Å². The summed E-state index contributed by atoms with van der Waals surface area (Å²) in [4.78, 5) is 2.15. The van der Waals surface area contributed by atoms with Crippen LogP contribution in [0.3, 0.4) is 0 Å². The van der Waals surface area contributed by atoms with E-state index in [1.54, 1.807) is 6.20 Å². The van der Waals surface area contributed by atoms with Crippen molar-refractivity contribution in [3.05, 3.63) is 16.9 Å². The predicted octanol–water partition coefficient (Wildman–Crippen LogP) is 2.89. The Morgan fingerprint density at radius 2 is 2.10 bits per heavy atom. The molecule has 1 N–H and O–H groups in total. The molecule has 0 spiro atoms. The number of nitrogens with zero attached hydrogens (tertiary/aromatic N) is 3. The van der Waals surface area contributed by atoms with E-state index in [9.17, 15) is 0 Å². The monoisotopic (exact) mass is 318 g/mol. The average molecular weight is 319 g/mol. The standard InChI is InChI=1S/C14H27ClN4S/c1-14(2,3)20-10-12(16-4)13-11(15)9-17-19(13)8-7-18(5)6/h9,12,16H,7-8,10H2,1-6H3. The second-order valence-corrected chi connectivity index (χ2v) is 8.42. The molecule has 116 valence electrons. The molecular formula is C14H27ClN4S. The number of thioether (sulfide) groups is 1. The van der Waals surface area contributed by atoms with E-state index in [4.69, 9.17) is 11.6 Å². The van der Waals surface area contributed by atoms with E-state index in [-0.39, 0.29) is 10.8 Å². The Labute approximate surface area is 132 Å². The number of hydrogen-bond donors (Lipinski definition) is 1. The fourth-order valence-electron chi connectivity index (χ4n) is 1.82. The van der Waals surface area contributed by atoms with Gasteiger partial charge in [-0.3, -0.25) is 4.68 Å². The van der Waals surface area contributed by atoms with Gasteiger partial charge in [0, 0.05) is 17.0 Å². The lowest BCUT2D eigenvalue weighted by molar-refractivity contribution is 0.365. The van der Waals surface area contributed by atoms with Crippen LogP contribution in [0.1, 0.15) is 32.5 Å². The topological polar surface area (TPSA) is 33.1 Å². The van der Waals surface area contributed by atoms with Crippen LogP contribution in [0.4, 0.5) is 0 Å². The van der Waals surface area contributed by atoms with Gasteiger partial charge in [0.15, 0.2) is 0 Å². The Balaban J connectivity index is 2.82. The van der Waals surface area contributed by atoms with Crippen LogP contribution in [0, 0.1) is 0 Å². The minimum absolute atomic E-state index is 0.219. The van der Waals surface area contributed by atoms with Crippen LogP contribution in [-0.4, -0.2) is 52.9 Å². The minimum atomic E-state index is 0.219. The van der Waals surface area contributed by atoms with Gasteiger partial charge in [0.25, 0.3) is 0 Å². The van der Waals surface area contributed by atoms with Crippen molar-refractivity contribution >= 4 is 23.4 Å². The van der Waals surface area contributed by atoms with Gasteiger partial charge in [-0.15, -0.1) is 0 Å². The zero-order valence-electron chi connectivity index (χ0n) is 13.4. The summed E-state index contributed by atoms with van der Waals surface area (Å²) in [7, 11) is 6.11.